The maximum absolute atomic E-state index is 12.9. The first-order valence-electron chi connectivity index (χ1n) is 12.4. The van der Waals surface area contributed by atoms with E-state index in [-0.39, 0.29) is 10.7 Å². The number of piperidine rings is 2. The molecule has 2 aliphatic heterocycles. The monoisotopic (exact) mass is 495 g/mol. The first-order valence-corrected chi connectivity index (χ1v) is 14.0. The third-order valence-electron chi connectivity index (χ3n) is 7.41. The van der Waals surface area contributed by atoms with Crippen LogP contribution in [-0.2, 0) is 16.4 Å². The summed E-state index contributed by atoms with van der Waals surface area (Å²) in [6.45, 7) is 4.08. The Labute approximate surface area is 206 Å². The number of sulfonamides is 1. The molecule has 5 N–H and O–H groups in total. The molecular formula is C25H33N7O2S. The van der Waals surface area contributed by atoms with Gasteiger partial charge in [0.05, 0.1) is 10.5 Å². The normalized spacial score (nSPS) is 18.1. The van der Waals surface area contributed by atoms with Crippen LogP contribution in [0.2, 0.25) is 0 Å². The minimum Gasteiger partial charge on any atom is -0.317 e. The van der Waals surface area contributed by atoms with Crippen LogP contribution in [0.5, 0.6) is 0 Å². The van der Waals surface area contributed by atoms with Crippen molar-refractivity contribution in [2.24, 2.45) is 11.1 Å². The van der Waals surface area contributed by atoms with E-state index in [0.717, 1.165) is 69.4 Å². The maximum Gasteiger partial charge on any atom is 0.239 e. The number of aryl methyl sites for hydroxylation is 1. The van der Waals surface area contributed by atoms with E-state index in [4.69, 9.17) is 5.14 Å². The van der Waals surface area contributed by atoms with Crippen LogP contribution in [0, 0.1) is 5.92 Å². The molecule has 2 aromatic carbocycles. The number of nitrogens with two attached hydrogens (primary N) is 1. The molecule has 3 aromatic rings. The van der Waals surface area contributed by atoms with Gasteiger partial charge < -0.3 is 10.6 Å². The zero-order valence-electron chi connectivity index (χ0n) is 19.8. The minimum atomic E-state index is -4.04. The van der Waals surface area contributed by atoms with Gasteiger partial charge in [-0.25, -0.2) is 13.6 Å². The second-order valence-electron chi connectivity index (χ2n) is 9.64. The van der Waals surface area contributed by atoms with Gasteiger partial charge in [-0.1, -0.05) is 36.4 Å². The summed E-state index contributed by atoms with van der Waals surface area (Å²) in [4.78, 5) is 0.104. The molecule has 0 atom stereocenters. The Bertz CT molecular complexity index is 1230. The highest BCUT2D eigenvalue weighted by molar-refractivity contribution is 7.89. The molecule has 0 bridgehead atoms. The van der Waals surface area contributed by atoms with E-state index >= 15 is 0 Å². The minimum absolute atomic E-state index is 0.104. The number of rotatable bonds is 7. The number of nitrogens with zero attached hydrogens (tertiary/aromatic N) is 3. The molecule has 0 saturated carbocycles. The van der Waals surface area contributed by atoms with Gasteiger partial charge in [0.2, 0.25) is 15.8 Å². The number of nitrogens with one attached hydrogen (secondary N) is 3. The largest absolute Gasteiger partial charge is 0.317 e. The van der Waals surface area contributed by atoms with Crippen molar-refractivity contribution in [3.63, 3.8) is 0 Å². The Morgan fingerprint density at radius 2 is 1.60 bits per heavy atom. The number of aromatic nitrogens is 4. The molecule has 0 spiro atoms. The molecule has 9 nitrogen and oxygen atoms in total. The van der Waals surface area contributed by atoms with Crippen molar-refractivity contribution in [3.05, 3.63) is 47.5 Å². The van der Waals surface area contributed by atoms with Crippen LogP contribution in [0.15, 0.2) is 41.3 Å². The lowest BCUT2D eigenvalue weighted by molar-refractivity contribution is 0.354. The van der Waals surface area contributed by atoms with Crippen LogP contribution < -0.4 is 15.8 Å². The second-order valence-corrected chi connectivity index (χ2v) is 11.1. The molecule has 0 aliphatic carbocycles. The lowest BCUT2D eigenvalue weighted by Crippen LogP contribution is -2.28. The van der Waals surface area contributed by atoms with Gasteiger partial charge in [0.25, 0.3) is 0 Å². The zero-order valence-corrected chi connectivity index (χ0v) is 20.7. The van der Waals surface area contributed by atoms with Crippen molar-refractivity contribution in [1.29, 1.82) is 0 Å². The molecule has 0 unspecified atom stereocenters. The van der Waals surface area contributed by atoms with Crippen LogP contribution >= 0.6 is 0 Å². The van der Waals surface area contributed by atoms with E-state index < -0.39 is 10.0 Å². The van der Waals surface area contributed by atoms with Gasteiger partial charge in [-0.2, -0.15) is 5.21 Å². The Morgan fingerprint density at radius 1 is 0.914 bits per heavy atom. The van der Waals surface area contributed by atoms with Crippen LogP contribution in [0.3, 0.4) is 0 Å². The summed E-state index contributed by atoms with van der Waals surface area (Å²) in [5.74, 6) is 1.34. The average molecular weight is 496 g/mol. The number of hydrogen-bond acceptors (Lipinski definition) is 7. The van der Waals surface area contributed by atoms with Gasteiger partial charge in [0, 0.05) is 0 Å². The second kappa shape index (κ2) is 10.5. The Morgan fingerprint density at radius 3 is 2.23 bits per heavy atom. The van der Waals surface area contributed by atoms with Crippen molar-refractivity contribution in [1.82, 2.24) is 31.3 Å². The fourth-order valence-corrected chi connectivity index (χ4v) is 6.52. The molecule has 5 rings (SSSR count). The van der Waals surface area contributed by atoms with Crippen molar-refractivity contribution >= 4 is 10.0 Å². The Balaban J connectivity index is 1.54. The summed E-state index contributed by atoms with van der Waals surface area (Å²) in [5.41, 5.74) is 4.07. The Hall–Kier alpha value is -2.66. The fraction of sp³-hybridized carbons (Fsp3) is 0.480. The van der Waals surface area contributed by atoms with Gasteiger partial charge in [-0.15, -0.1) is 10.2 Å². The molecule has 0 amide bonds. The first kappa shape index (κ1) is 24.1. The third kappa shape index (κ3) is 5.45. The highest BCUT2D eigenvalue weighted by atomic mass is 32.2. The highest BCUT2D eigenvalue weighted by Gasteiger charge is 2.27. The van der Waals surface area contributed by atoms with Crippen LogP contribution in [0.4, 0.5) is 0 Å². The zero-order chi connectivity index (χ0) is 24.3. The Kier molecular flexibility index (Phi) is 7.24. The van der Waals surface area contributed by atoms with Crippen molar-refractivity contribution < 1.29 is 8.42 Å². The summed E-state index contributed by atoms with van der Waals surface area (Å²) in [6, 6.07) is 12.3. The molecule has 10 heteroatoms. The van der Waals surface area contributed by atoms with Gasteiger partial charge in [-0.3, -0.25) is 0 Å². The average Bonchev–Trinajstić information content (AvgIpc) is 3.42. The molecule has 1 aromatic heterocycles. The SMILES string of the molecule is NS(=O)(=O)c1c(CCC2CCNCC2)ccc(-c2ccc(C3CCNCC3)cc2)c1-c1nn[nH]n1. The molecular weight excluding hydrogens is 462 g/mol. The standard InChI is InChI=1S/C25H33N7O2S/c26-35(33,34)24-21(2-1-17-9-13-27-14-10-17)7-8-22(23(24)25-29-31-32-30-25)20-5-3-18(4-6-20)19-11-15-28-16-12-19/h3-8,17,19,27-28H,1-2,9-16H2,(H2,26,33,34)(H,29,30,31,32). The van der Waals surface area contributed by atoms with Crippen LogP contribution in [-0.4, -0.2) is 55.2 Å². The smallest absolute Gasteiger partial charge is 0.239 e. The quantitative estimate of drug-likeness (QED) is 0.395. The van der Waals surface area contributed by atoms with Crippen molar-refractivity contribution in [2.45, 2.75) is 49.3 Å². The molecule has 2 aliphatic rings. The predicted molar refractivity (Wildman–Crippen MR) is 135 cm³/mol. The third-order valence-corrected chi connectivity index (χ3v) is 8.44. The summed E-state index contributed by atoms with van der Waals surface area (Å²) < 4.78 is 25.9. The number of aromatic amines is 1. The number of primary sulfonamides is 1. The molecule has 3 heterocycles. The van der Waals surface area contributed by atoms with Gasteiger partial charge in [0.15, 0.2) is 0 Å². The first-order chi connectivity index (χ1) is 17.0. The molecule has 0 radical (unpaired) electrons. The molecule has 186 valence electrons. The van der Waals surface area contributed by atoms with E-state index in [1.54, 1.807) is 0 Å². The highest BCUT2D eigenvalue weighted by Crippen LogP contribution is 2.38. The lowest BCUT2D eigenvalue weighted by Gasteiger charge is -2.24. The summed E-state index contributed by atoms with van der Waals surface area (Å²) in [7, 11) is -4.04. The predicted octanol–water partition coefficient (Wildman–Crippen LogP) is 2.58. The van der Waals surface area contributed by atoms with E-state index in [2.05, 4.69) is 55.5 Å². The maximum atomic E-state index is 12.9. The summed E-state index contributed by atoms with van der Waals surface area (Å²) >= 11 is 0. The lowest BCUT2D eigenvalue weighted by atomic mass is 9.87. The van der Waals surface area contributed by atoms with Crippen LogP contribution in [0.25, 0.3) is 22.5 Å². The van der Waals surface area contributed by atoms with Crippen molar-refractivity contribution in [3.8, 4) is 22.5 Å². The van der Waals surface area contributed by atoms with E-state index in [0.29, 0.717) is 29.4 Å². The molecule has 35 heavy (non-hydrogen) atoms. The summed E-state index contributed by atoms with van der Waals surface area (Å²) in [6.07, 6.45) is 5.99. The van der Waals surface area contributed by atoms with E-state index in [1.165, 1.54) is 5.56 Å². The fourth-order valence-electron chi connectivity index (χ4n) is 5.50. The number of H-pyrrole nitrogens is 1. The summed E-state index contributed by atoms with van der Waals surface area (Å²) in [5, 5.41) is 27.1. The molecule has 2 fully saturated rings. The van der Waals surface area contributed by atoms with Gasteiger partial charge in [0.1, 0.15) is 0 Å². The number of hydrogen-bond donors (Lipinski definition) is 4. The van der Waals surface area contributed by atoms with E-state index in [9.17, 15) is 8.42 Å². The molecule has 2 saturated heterocycles. The van der Waals surface area contributed by atoms with E-state index in [1.807, 2.05) is 12.1 Å². The van der Waals surface area contributed by atoms with Crippen LogP contribution in [0.1, 0.15) is 49.1 Å². The number of tetrazole rings is 1. The van der Waals surface area contributed by atoms with Gasteiger partial charge >= 0.3 is 0 Å². The topological polar surface area (TPSA) is 139 Å². The van der Waals surface area contributed by atoms with Crippen molar-refractivity contribution in [2.75, 3.05) is 26.2 Å². The number of benzene rings is 2. The van der Waals surface area contributed by atoms with Gasteiger partial charge in [-0.05, 0) is 104 Å².